The van der Waals surface area contributed by atoms with Crippen LogP contribution in [0, 0.1) is 18.2 Å². The highest BCUT2D eigenvalue weighted by Crippen LogP contribution is 2.51. The Morgan fingerprint density at radius 2 is 1.95 bits per heavy atom. The first-order valence-corrected chi connectivity index (χ1v) is 15.7. The second-order valence-electron chi connectivity index (χ2n) is 11.5. The van der Waals surface area contributed by atoms with E-state index in [2.05, 4.69) is 21.1 Å². The quantitative estimate of drug-likeness (QED) is 0.157. The number of carbonyl (C=O) groups is 1. The van der Waals surface area contributed by atoms with Crippen molar-refractivity contribution in [3.8, 4) is 5.69 Å². The molecule has 8 nitrogen and oxygen atoms in total. The van der Waals surface area contributed by atoms with Crippen LogP contribution < -0.4 is 0 Å². The van der Waals surface area contributed by atoms with Gasteiger partial charge in [-0.1, -0.05) is 5.57 Å². The number of alkyl halides is 3. The van der Waals surface area contributed by atoms with Crippen molar-refractivity contribution < 1.29 is 26.6 Å². The van der Waals surface area contributed by atoms with Crippen molar-refractivity contribution in [1.29, 1.82) is 0 Å². The van der Waals surface area contributed by atoms with Gasteiger partial charge >= 0.3 is 6.18 Å². The topological polar surface area (TPSA) is 85.9 Å². The Hall–Kier alpha value is -4.10. The average Bonchev–Trinajstić information content (AvgIpc) is 3.60. The molecule has 0 radical (unpaired) electrons. The third-order valence-electron chi connectivity index (χ3n) is 8.43. The van der Waals surface area contributed by atoms with E-state index >= 15 is 0 Å². The van der Waals surface area contributed by atoms with E-state index in [9.17, 15) is 26.6 Å². The summed E-state index contributed by atoms with van der Waals surface area (Å²) in [5.74, 6) is 3.05. The van der Waals surface area contributed by atoms with Gasteiger partial charge in [0.1, 0.15) is 18.1 Å². The Morgan fingerprint density at radius 1 is 1.20 bits per heavy atom. The summed E-state index contributed by atoms with van der Waals surface area (Å²) in [4.78, 5) is 18.8. The third-order valence-corrected chi connectivity index (χ3v) is 10.5. The molecule has 44 heavy (non-hydrogen) atoms. The Balaban J connectivity index is 1.46. The normalized spacial score (nSPS) is 21.3. The van der Waals surface area contributed by atoms with Gasteiger partial charge in [0.2, 0.25) is 0 Å². The number of benzene rings is 1. The molecule has 0 saturated heterocycles. The minimum absolute atomic E-state index is 0.0378. The Labute approximate surface area is 252 Å². The number of hydrogen-bond donors (Lipinski definition) is 0. The molecule has 1 aromatic carbocycles. The molecule has 0 aliphatic heterocycles. The lowest BCUT2D eigenvalue weighted by molar-refractivity contribution is -0.140. The largest absolute Gasteiger partial charge is 0.402 e. The highest BCUT2D eigenvalue weighted by Gasteiger charge is 2.52. The number of Topliss-reactive ketones (excluding diaryl/α,β-unsaturated/α-hetero) is 1. The van der Waals surface area contributed by atoms with Gasteiger partial charge in [-0.25, -0.2) is 17.6 Å². The summed E-state index contributed by atoms with van der Waals surface area (Å²) in [6.45, 7) is 0.356. The summed E-state index contributed by atoms with van der Waals surface area (Å²) in [5.41, 5.74) is 2.53. The average molecular weight is 627 g/mol. The van der Waals surface area contributed by atoms with Crippen LogP contribution in [-0.2, 0) is 23.2 Å². The van der Waals surface area contributed by atoms with Crippen molar-refractivity contribution in [2.75, 3.05) is 6.54 Å². The smallest absolute Gasteiger partial charge is 0.291 e. The molecule has 0 N–H and O–H groups in total. The third kappa shape index (κ3) is 5.38. The molecule has 1 saturated carbocycles. The minimum Gasteiger partial charge on any atom is -0.291 e. The zero-order valence-electron chi connectivity index (χ0n) is 24.1. The maximum Gasteiger partial charge on any atom is 0.402 e. The fourth-order valence-electron chi connectivity index (χ4n) is 6.36. The first kappa shape index (κ1) is 29.9. The van der Waals surface area contributed by atoms with Crippen LogP contribution in [0.2, 0.25) is 0 Å². The van der Waals surface area contributed by atoms with E-state index in [0.29, 0.717) is 16.9 Å². The lowest BCUT2D eigenvalue weighted by atomic mass is 9.60. The Morgan fingerprint density at radius 3 is 2.61 bits per heavy atom. The molecule has 0 amide bonds. The number of ketones is 1. The molecule has 0 bridgehead atoms. The number of nitrogens with zero attached hydrogens (tertiary/aromatic N) is 6. The van der Waals surface area contributed by atoms with E-state index in [-0.39, 0.29) is 42.2 Å². The number of aryl methyl sites for hydroxylation is 2. The summed E-state index contributed by atoms with van der Waals surface area (Å²) >= 11 is 0. The van der Waals surface area contributed by atoms with Gasteiger partial charge in [-0.3, -0.25) is 14.5 Å². The van der Waals surface area contributed by atoms with Crippen LogP contribution in [0.15, 0.2) is 71.7 Å². The van der Waals surface area contributed by atoms with Crippen LogP contribution in [-0.4, -0.2) is 63.5 Å². The van der Waals surface area contributed by atoms with Gasteiger partial charge in [-0.2, -0.15) is 23.4 Å². The zero-order valence-corrected chi connectivity index (χ0v) is 24.9. The molecule has 3 aromatic heterocycles. The van der Waals surface area contributed by atoms with E-state index in [1.807, 2.05) is 13.0 Å². The number of hydrogen-bond acceptors (Lipinski definition) is 5. The van der Waals surface area contributed by atoms with Gasteiger partial charge in [-0.15, -0.1) is 0 Å². The van der Waals surface area contributed by atoms with Crippen molar-refractivity contribution in [2.45, 2.75) is 49.9 Å². The maximum absolute atomic E-state index is 14.5. The molecule has 2 aliphatic rings. The first-order chi connectivity index (χ1) is 20.8. The standard InChI is InChI=1S/C31H30F4N6O2S/c1-20-10-12-36-26(14-20)29(42)30-16-21-18-37-41(24-8-5-23(32)6-9-24)27(21)15-22(30)4-7-25(17-30)40(19-31(33,34)35)44(3,43)28-11-13-39(2)38-28/h5-6,8-15,18,25H,3-4,7,16-17,19H2,1-2H3/t25-,30-,44?/m0/s1. The first-order valence-electron chi connectivity index (χ1n) is 14.0. The molecule has 0 spiro atoms. The second-order valence-corrected chi connectivity index (χ2v) is 13.6. The summed E-state index contributed by atoms with van der Waals surface area (Å²) in [6, 6.07) is 9.77. The SMILES string of the molecule is C=S(=O)(c1ccn(C)n1)N(CC(F)(F)F)[C@H]1CCC2=Cc3c(cnn3-c3ccc(F)cc3)C[C@]2(C(=O)c2cc(C)ccn2)C1. The van der Waals surface area contributed by atoms with Crippen LogP contribution in [0.4, 0.5) is 17.6 Å². The van der Waals surface area contributed by atoms with Crippen LogP contribution in [0.1, 0.15) is 46.6 Å². The minimum atomic E-state index is -4.68. The monoisotopic (exact) mass is 626 g/mol. The van der Waals surface area contributed by atoms with Gasteiger partial charge < -0.3 is 0 Å². The van der Waals surface area contributed by atoms with Crippen LogP contribution in [0.25, 0.3) is 11.8 Å². The zero-order chi connectivity index (χ0) is 31.4. The van der Waals surface area contributed by atoms with Crippen molar-refractivity contribution >= 4 is 27.4 Å². The van der Waals surface area contributed by atoms with Gasteiger partial charge in [0.15, 0.2) is 10.8 Å². The lowest BCUT2D eigenvalue weighted by Gasteiger charge is -2.47. The van der Waals surface area contributed by atoms with E-state index < -0.39 is 39.7 Å². The summed E-state index contributed by atoms with van der Waals surface area (Å²) < 4.78 is 73.8. The summed E-state index contributed by atoms with van der Waals surface area (Å²) in [5, 5.41) is 8.59. The number of halogens is 4. The molecule has 1 fully saturated rings. The van der Waals surface area contributed by atoms with Gasteiger partial charge in [0, 0.05) is 25.5 Å². The molecule has 6 rings (SSSR count). The molecule has 3 heterocycles. The summed E-state index contributed by atoms with van der Waals surface area (Å²) in [6.07, 6.45) is 2.43. The molecule has 13 heteroatoms. The van der Waals surface area contributed by atoms with Crippen molar-refractivity contribution in [1.82, 2.24) is 28.9 Å². The Kier molecular flexibility index (Phi) is 7.36. The van der Waals surface area contributed by atoms with E-state index in [1.165, 1.54) is 35.3 Å². The van der Waals surface area contributed by atoms with E-state index in [0.717, 1.165) is 15.4 Å². The van der Waals surface area contributed by atoms with Crippen LogP contribution in [0.5, 0.6) is 0 Å². The number of carbonyl (C=O) groups excluding carboxylic acids is 1. The summed E-state index contributed by atoms with van der Waals surface area (Å²) in [7, 11) is -2.10. The molecular formula is C31H30F4N6O2S. The van der Waals surface area contributed by atoms with Crippen LogP contribution >= 0.6 is 0 Å². The highest BCUT2D eigenvalue weighted by molar-refractivity contribution is 7.98. The number of aromatic nitrogens is 5. The molecule has 4 aromatic rings. The van der Waals surface area contributed by atoms with Crippen molar-refractivity contribution in [3.63, 3.8) is 0 Å². The van der Waals surface area contributed by atoms with Crippen molar-refractivity contribution in [2.24, 2.45) is 12.5 Å². The van der Waals surface area contributed by atoms with Crippen LogP contribution in [0.3, 0.4) is 0 Å². The number of allylic oxidation sites excluding steroid dienone is 1. The molecule has 1 unspecified atom stereocenters. The second kappa shape index (κ2) is 10.8. The fourth-order valence-corrected chi connectivity index (χ4v) is 8.14. The van der Waals surface area contributed by atoms with Crippen molar-refractivity contribution in [3.05, 3.63) is 95.0 Å². The molecule has 3 atom stereocenters. The molecular weight excluding hydrogens is 596 g/mol. The van der Waals surface area contributed by atoms with Gasteiger partial charge in [-0.05, 0) is 98.1 Å². The lowest BCUT2D eigenvalue weighted by Crippen LogP contribution is -2.52. The van der Waals surface area contributed by atoms with E-state index in [1.54, 1.807) is 42.2 Å². The number of rotatable bonds is 7. The number of fused-ring (bicyclic) bond motifs is 2. The predicted octanol–water partition coefficient (Wildman–Crippen LogP) is 5.36. The maximum atomic E-state index is 14.5. The number of pyridine rings is 1. The molecule has 2 aliphatic carbocycles. The Bertz CT molecular complexity index is 1880. The highest BCUT2D eigenvalue weighted by atomic mass is 32.2. The van der Waals surface area contributed by atoms with Gasteiger partial charge in [0.25, 0.3) is 0 Å². The van der Waals surface area contributed by atoms with Gasteiger partial charge in [0.05, 0.1) is 32.7 Å². The molecule has 230 valence electrons. The predicted molar refractivity (Wildman–Crippen MR) is 158 cm³/mol. The van der Waals surface area contributed by atoms with E-state index in [4.69, 9.17) is 0 Å². The fraction of sp³-hybridized carbons (Fsp3) is 0.323.